The topological polar surface area (TPSA) is 95.3 Å². The third kappa shape index (κ3) is 4.70. The molecular weight excluding hydrogens is 416 g/mol. The Morgan fingerprint density at radius 2 is 1.66 bits per heavy atom. The lowest BCUT2D eigenvalue weighted by molar-refractivity contribution is -0.144. The molecule has 0 amide bonds. The van der Waals surface area contributed by atoms with Gasteiger partial charge in [0.05, 0.1) is 10.6 Å². The number of carbonyl (C=O) groups is 2. The van der Waals surface area contributed by atoms with Crippen LogP contribution in [-0.2, 0) is 31.8 Å². The van der Waals surface area contributed by atoms with E-state index in [0.29, 0.717) is 5.02 Å². The van der Waals surface area contributed by atoms with Gasteiger partial charge in [-0.2, -0.15) is 5.10 Å². The monoisotopic (exact) mass is 440 g/mol. The summed E-state index contributed by atoms with van der Waals surface area (Å²) in [5.74, 6) is -1.48. The van der Waals surface area contributed by atoms with Gasteiger partial charge in [-0.3, -0.25) is 14.3 Å². The highest BCUT2D eigenvalue weighted by atomic mass is 35.5. The SMILES string of the molecule is Cn1nc(C(C)(C)C)cc1C(=O)COC(=O)C(C)(C)S(=O)(=O)c1ccc(Cl)cc1. The van der Waals surface area contributed by atoms with Crippen LogP contribution in [0.1, 0.15) is 50.8 Å². The van der Waals surface area contributed by atoms with Crippen LogP contribution < -0.4 is 0 Å². The number of aryl methyl sites for hydroxylation is 1. The number of nitrogens with zero attached hydrogens (tertiary/aromatic N) is 2. The first kappa shape index (κ1) is 23.1. The number of esters is 1. The summed E-state index contributed by atoms with van der Waals surface area (Å²) in [4.78, 5) is 25.0. The molecule has 29 heavy (non-hydrogen) atoms. The predicted octanol–water partition coefficient (Wildman–Crippen LogP) is 3.35. The molecule has 0 aliphatic heterocycles. The molecule has 158 valence electrons. The van der Waals surface area contributed by atoms with Crippen molar-refractivity contribution in [3.05, 3.63) is 46.7 Å². The molecule has 0 aliphatic carbocycles. The van der Waals surface area contributed by atoms with Gasteiger partial charge in [-0.15, -0.1) is 0 Å². The first-order valence-corrected chi connectivity index (χ1v) is 10.8. The second kappa shape index (κ2) is 7.91. The number of Topliss-reactive ketones (excluding diaryl/α,β-unsaturated/α-hetero) is 1. The first-order valence-electron chi connectivity index (χ1n) is 8.93. The Morgan fingerprint density at radius 3 is 2.14 bits per heavy atom. The second-order valence-electron chi connectivity index (χ2n) is 8.26. The Labute approximate surface area is 175 Å². The van der Waals surface area contributed by atoms with Gasteiger partial charge in [-0.05, 0) is 44.2 Å². The van der Waals surface area contributed by atoms with Gasteiger partial charge in [0.25, 0.3) is 0 Å². The number of ether oxygens (including phenoxy) is 1. The standard InChI is InChI=1S/C20H25ClN2O5S/c1-19(2,3)17-11-15(23(6)22-17)16(24)12-28-18(25)20(4,5)29(26,27)14-9-7-13(21)8-10-14/h7-11H,12H2,1-6H3. The quantitative estimate of drug-likeness (QED) is 0.505. The molecule has 9 heteroatoms. The molecule has 7 nitrogen and oxygen atoms in total. The fourth-order valence-electron chi connectivity index (χ4n) is 2.49. The number of rotatable bonds is 6. The fraction of sp³-hybridized carbons (Fsp3) is 0.450. The Bertz CT molecular complexity index is 1030. The molecule has 1 heterocycles. The summed E-state index contributed by atoms with van der Waals surface area (Å²) in [7, 11) is -2.43. The minimum absolute atomic E-state index is 0.0587. The van der Waals surface area contributed by atoms with Crippen molar-refractivity contribution in [1.29, 1.82) is 0 Å². The maximum absolute atomic E-state index is 12.8. The van der Waals surface area contributed by atoms with Crippen molar-refractivity contribution in [3.8, 4) is 0 Å². The summed E-state index contributed by atoms with van der Waals surface area (Å²) in [6, 6.07) is 7.14. The van der Waals surface area contributed by atoms with Gasteiger partial charge < -0.3 is 4.74 Å². The second-order valence-corrected chi connectivity index (χ2v) is 11.2. The van der Waals surface area contributed by atoms with Crippen molar-refractivity contribution in [3.63, 3.8) is 0 Å². The normalized spacial score (nSPS) is 12.7. The molecule has 0 bridgehead atoms. The van der Waals surface area contributed by atoms with E-state index in [4.69, 9.17) is 16.3 Å². The number of carbonyl (C=O) groups excluding carboxylic acids is 2. The molecule has 0 spiro atoms. The highest BCUT2D eigenvalue weighted by Gasteiger charge is 2.44. The van der Waals surface area contributed by atoms with Crippen LogP contribution in [0.5, 0.6) is 0 Å². The van der Waals surface area contributed by atoms with E-state index in [1.165, 1.54) is 42.8 Å². The van der Waals surface area contributed by atoms with E-state index in [9.17, 15) is 18.0 Å². The van der Waals surface area contributed by atoms with E-state index in [-0.39, 0.29) is 16.0 Å². The first-order chi connectivity index (χ1) is 13.2. The molecule has 0 fully saturated rings. The van der Waals surface area contributed by atoms with Crippen LogP contribution in [0.3, 0.4) is 0 Å². The Balaban J connectivity index is 2.16. The molecule has 0 radical (unpaired) electrons. The number of benzene rings is 1. The van der Waals surface area contributed by atoms with Gasteiger partial charge in [-0.25, -0.2) is 8.42 Å². The molecule has 2 rings (SSSR count). The summed E-state index contributed by atoms with van der Waals surface area (Å²) < 4.78 is 30.3. The molecule has 0 saturated heterocycles. The van der Waals surface area contributed by atoms with Crippen molar-refractivity contribution in [2.75, 3.05) is 6.61 Å². The zero-order valence-electron chi connectivity index (χ0n) is 17.3. The zero-order chi connectivity index (χ0) is 22.2. The molecule has 0 N–H and O–H groups in total. The predicted molar refractivity (Wildman–Crippen MR) is 110 cm³/mol. The van der Waals surface area contributed by atoms with Crippen LogP contribution in [0.4, 0.5) is 0 Å². The average molecular weight is 441 g/mol. The third-order valence-electron chi connectivity index (χ3n) is 4.56. The van der Waals surface area contributed by atoms with Crippen molar-refractivity contribution in [2.24, 2.45) is 7.05 Å². The van der Waals surface area contributed by atoms with E-state index in [2.05, 4.69) is 5.10 Å². The van der Waals surface area contributed by atoms with Crippen LogP contribution in [0, 0.1) is 0 Å². The van der Waals surface area contributed by atoms with Crippen LogP contribution >= 0.6 is 11.6 Å². The largest absolute Gasteiger partial charge is 0.456 e. The zero-order valence-corrected chi connectivity index (χ0v) is 18.9. The molecule has 0 aliphatic rings. The van der Waals surface area contributed by atoms with Crippen molar-refractivity contribution in [2.45, 2.75) is 49.7 Å². The van der Waals surface area contributed by atoms with Gasteiger partial charge in [0.2, 0.25) is 5.78 Å². The minimum atomic E-state index is -4.05. The van der Waals surface area contributed by atoms with E-state index >= 15 is 0 Å². The molecule has 2 aromatic rings. The molecule has 0 atom stereocenters. The van der Waals surface area contributed by atoms with Crippen LogP contribution in [0.2, 0.25) is 5.02 Å². The fourth-order valence-corrected chi connectivity index (χ4v) is 3.98. The number of hydrogen-bond acceptors (Lipinski definition) is 6. The lowest BCUT2D eigenvalue weighted by Gasteiger charge is -2.22. The number of sulfone groups is 1. The van der Waals surface area contributed by atoms with Crippen molar-refractivity contribution < 1.29 is 22.7 Å². The van der Waals surface area contributed by atoms with Crippen LogP contribution in [0.15, 0.2) is 35.2 Å². The third-order valence-corrected chi connectivity index (χ3v) is 7.21. The maximum Gasteiger partial charge on any atom is 0.327 e. The van der Waals surface area contributed by atoms with Gasteiger partial charge in [0.1, 0.15) is 5.69 Å². The Hall–Kier alpha value is -2.19. The van der Waals surface area contributed by atoms with E-state index < -0.39 is 32.9 Å². The Morgan fingerprint density at radius 1 is 1.10 bits per heavy atom. The van der Waals surface area contributed by atoms with Gasteiger partial charge in [-0.1, -0.05) is 32.4 Å². The van der Waals surface area contributed by atoms with Crippen molar-refractivity contribution >= 4 is 33.2 Å². The smallest absolute Gasteiger partial charge is 0.327 e. The molecule has 1 aromatic heterocycles. The summed E-state index contributed by atoms with van der Waals surface area (Å²) in [5.41, 5.74) is 0.753. The Kier molecular flexibility index (Phi) is 6.30. The van der Waals surface area contributed by atoms with E-state index in [1.807, 2.05) is 20.8 Å². The van der Waals surface area contributed by atoms with E-state index in [1.54, 1.807) is 13.1 Å². The average Bonchev–Trinajstić information content (AvgIpc) is 3.01. The van der Waals surface area contributed by atoms with Gasteiger partial charge >= 0.3 is 5.97 Å². The highest BCUT2D eigenvalue weighted by Crippen LogP contribution is 2.28. The molecular formula is C20H25ClN2O5S. The molecule has 0 unspecified atom stereocenters. The number of halogens is 1. The number of ketones is 1. The maximum atomic E-state index is 12.8. The van der Waals surface area contributed by atoms with E-state index in [0.717, 1.165) is 5.69 Å². The lowest BCUT2D eigenvalue weighted by atomic mass is 9.92. The van der Waals surface area contributed by atoms with Crippen LogP contribution in [0.25, 0.3) is 0 Å². The lowest BCUT2D eigenvalue weighted by Crippen LogP contribution is -2.42. The van der Waals surface area contributed by atoms with Crippen molar-refractivity contribution in [1.82, 2.24) is 9.78 Å². The van der Waals surface area contributed by atoms with Gasteiger partial charge in [0, 0.05) is 17.5 Å². The summed E-state index contributed by atoms with van der Waals surface area (Å²) in [5, 5.41) is 4.69. The summed E-state index contributed by atoms with van der Waals surface area (Å²) in [6.07, 6.45) is 0. The molecule has 1 aromatic carbocycles. The summed E-state index contributed by atoms with van der Waals surface area (Å²) in [6.45, 7) is 7.80. The number of hydrogen-bond donors (Lipinski definition) is 0. The summed E-state index contributed by atoms with van der Waals surface area (Å²) >= 11 is 5.79. The number of aromatic nitrogens is 2. The van der Waals surface area contributed by atoms with Gasteiger partial charge in [0.15, 0.2) is 21.2 Å². The minimum Gasteiger partial charge on any atom is -0.456 e. The highest BCUT2D eigenvalue weighted by molar-refractivity contribution is 7.93. The van der Waals surface area contributed by atoms with Crippen LogP contribution in [-0.4, -0.2) is 41.3 Å². The molecule has 0 saturated carbocycles.